The molecule has 0 bridgehead atoms. The van der Waals surface area contributed by atoms with Crippen molar-refractivity contribution in [1.82, 2.24) is 0 Å². The predicted octanol–water partition coefficient (Wildman–Crippen LogP) is 8.10. The summed E-state index contributed by atoms with van der Waals surface area (Å²) in [4.78, 5) is 19.2. The molecule has 35 heavy (non-hydrogen) atoms. The van der Waals surface area contributed by atoms with Crippen LogP contribution >= 0.6 is 7.60 Å². The largest absolute Gasteiger partial charge is 0.373 e. The second-order valence-corrected chi connectivity index (χ2v) is 13.3. The van der Waals surface area contributed by atoms with Gasteiger partial charge in [0.1, 0.15) is 6.54 Å². The molecule has 208 valence electrons. The van der Waals surface area contributed by atoms with Gasteiger partial charge in [0.2, 0.25) is 5.34 Å². The highest BCUT2D eigenvalue weighted by molar-refractivity contribution is 7.53. The zero-order valence-electron chi connectivity index (χ0n) is 23.6. The number of nitrogens with zero attached hydrogens (tertiary/aromatic N) is 1. The minimum Gasteiger partial charge on any atom is -0.373 e. The lowest BCUT2D eigenvalue weighted by Crippen LogP contribution is -2.49. The van der Waals surface area contributed by atoms with E-state index in [2.05, 4.69) is 31.2 Å². The molecule has 1 unspecified atom stereocenters. The molecule has 0 spiro atoms. The number of hydrogen-bond acceptors (Lipinski definition) is 2. The van der Waals surface area contributed by atoms with Crippen molar-refractivity contribution in [2.45, 2.75) is 134 Å². The Bertz CT molecular complexity index is 594. The van der Waals surface area contributed by atoms with E-state index in [0.29, 0.717) is 10.9 Å². The monoisotopic (exact) mass is 516 g/mol. The lowest BCUT2D eigenvalue weighted by atomic mass is 10.1. The summed E-state index contributed by atoms with van der Waals surface area (Å²) in [6.45, 7) is 2.32. The Labute approximate surface area is 217 Å². The second kappa shape index (κ2) is 20.6. The van der Waals surface area contributed by atoms with Gasteiger partial charge in [0.25, 0.3) is 0 Å². The number of unbranched alkanes of at least 4 members (excludes halogenated alkanes) is 15. The van der Waals surface area contributed by atoms with Crippen molar-refractivity contribution < 1.29 is 23.9 Å². The van der Waals surface area contributed by atoms with Gasteiger partial charge in [-0.1, -0.05) is 89.0 Å². The van der Waals surface area contributed by atoms with E-state index < -0.39 is 12.9 Å². The van der Waals surface area contributed by atoms with Crippen molar-refractivity contribution in [3.63, 3.8) is 0 Å². The summed E-state index contributed by atoms with van der Waals surface area (Å²) in [5, 5.41) is 8.63. The molecule has 0 heterocycles. The molecule has 0 saturated heterocycles. The molecule has 0 amide bonds. The summed E-state index contributed by atoms with van der Waals surface area (Å²) in [7, 11) is 0.943. The highest BCUT2D eigenvalue weighted by Gasteiger charge is 2.48. The van der Waals surface area contributed by atoms with E-state index in [1.807, 2.05) is 21.1 Å². The first-order chi connectivity index (χ1) is 16.5. The number of aliphatic hydroxyl groups is 1. The molecule has 0 aliphatic carbocycles. The van der Waals surface area contributed by atoms with Gasteiger partial charge in [-0.05, 0) is 64.2 Å². The lowest BCUT2D eigenvalue weighted by Gasteiger charge is -2.35. The molecule has 1 atom stereocenters. The normalized spacial score (nSPS) is 14.8. The molecule has 6 heteroatoms. The second-order valence-electron chi connectivity index (χ2n) is 11.4. The summed E-state index contributed by atoms with van der Waals surface area (Å²) in [5.41, 5.74) is 0. The third-order valence-corrected chi connectivity index (χ3v) is 7.97. The number of likely N-dealkylation sites (N-methyl/N-ethyl adjacent to an activating group) is 1. The van der Waals surface area contributed by atoms with Crippen LogP contribution in [0.2, 0.25) is 0 Å². The molecule has 0 aromatic heterocycles. The smallest absolute Gasteiger partial charge is 0.362 e. The van der Waals surface area contributed by atoms with E-state index in [9.17, 15) is 19.5 Å². The maximum atomic E-state index is 11.8. The first-order valence-electron chi connectivity index (χ1n) is 14.4. The molecule has 0 saturated carbocycles. The van der Waals surface area contributed by atoms with Gasteiger partial charge >= 0.3 is 7.60 Å². The van der Waals surface area contributed by atoms with Gasteiger partial charge in [-0.25, -0.2) is 0 Å². The quantitative estimate of drug-likeness (QED) is 0.0524. The highest BCUT2D eigenvalue weighted by Crippen LogP contribution is 2.52. The maximum absolute atomic E-state index is 11.8. The van der Waals surface area contributed by atoms with Crippen LogP contribution in [0.3, 0.4) is 0 Å². The van der Waals surface area contributed by atoms with E-state index in [0.717, 1.165) is 25.7 Å². The third kappa shape index (κ3) is 21.4. The van der Waals surface area contributed by atoms with Crippen LogP contribution in [-0.2, 0) is 4.57 Å². The zero-order valence-corrected chi connectivity index (χ0v) is 24.5. The van der Waals surface area contributed by atoms with E-state index in [1.54, 1.807) is 0 Å². The number of quaternary nitrogens is 1. The summed E-state index contributed by atoms with van der Waals surface area (Å²) < 4.78 is 12.1. The zero-order chi connectivity index (χ0) is 26.5. The van der Waals surface area contributed by atoms with E-state index in [-0.39, 0.29) is 13.0 Å². The average molecular weight is 517 g/mol. The van der Waals surface area contributed by atoms with E-state index in [4.69, 9.17) is 0 Å². The fourth-order valence-corrected chi connectivity index (χ4v) is 5.55. The highest BCUT2D eigenvalue weighted by atomic mass is 31.2. The fourth-order valence-electron chi connectivity index (χ4n) is 4.49. The predicted molar refractivity (Wildman–Crippen MR) is 152 cm³/mol. The Morgan fingerprint density at radius 3 is 1.34 bits per heavy atom. The molecule has 0 fully saturated rings. The Hall–Kier alpha value is -0.450. The summed E-state index contributed by atoms with van der Waals surface area (Å²) in [5.74, 6) is 0. The number of allylic oxidation sites excluding steroid dienone is 4. The van der Waals surface area contributed by atoms with Crippen LogP contribution < -0.4 is 0 Å². The molecular weight excluding hydrogens is 457 g/mol. The van der Waals surface area contributed by atoms with Crippen LogP contribution in [0.25, 0.3) is 0 Å². The van der Waals surface area contributed by atoms with Gasteiger partial charge in [-0.3, -0.25) is 4.57 Å². The molecule has 0 aromatic carbocycles. The van der Waals surface area contributed by atoms with Crippen molar-refractivity contribution in [3.05, 3.63) is 24.3 Å². The van der Waals surface area contributed by atoms with Crippen LogP contribution in [0.1, 0.15) is 129 Å². The van der Waals surface area contributed by atoms with E-state index >= 15 is 0 Å². The van der Waals surface area contributed by atoms with Crippen LogP contribution in [0.4, 0.5) is 0 Å². The SMILES string of the molecule is CCCCCCCCCC/C=C\CCCCC/C=C\CCCCCC(O)(C[N+](C)(C)C)P(=O)(O)O. The fraction of sp³-hybridized carbons (Fsp3) is 0.862. The Kier molecular flexibility index (Phi) is 20.3. The topological polar surface area (TPSA) is 77.8 Å². The summed E-state index contributed by atoms with van der Waals surface area (Å²) in [6.07, 6.45) is 31.3. The lowest BCUT2D eigenvalue weighted by molar-refractivity contribution is -0.875. The minimum atomic E-state index is -4.56. The Balaban J connectivity index is 3.61. The third-order valence-electron chi connectivity index (χ3n) is 6.52. The number of hydrogen-bond donors (Lipinski definition) is 3. The minimum absolute atomic E-state index is 0.0478. The Morgan fingerprint density at radius 1 is 0.629 bits per heavy atom. The van der Waals surface area contributed by atoms with Gasteiger partial charge in [-0.2, -0.15) is 0 Å². The molecule has 3 N–H and O–H groups in total. The average Bonchev–Trinajstić information content (AvgIpc) is 2.75. The van der Waals surface area contributed by atoms with Gasteiger partial charge in [0.15, 0.2) is 0 Å². The van der Waals surface area contributed by atoms with Crippen molar-refractivity contribution in [3.8, 4) is 0 Å². The van der Waals surface area contributed by atoms with Gasteiger partial charge in [0.05, 0.1) is 21.1 Å². The van der Waals surface area contributed by atoms with Crippen molar-refractivity contribution in [2.24, 2.45) is 0 Å². The van der Waals surface area contributed by atoms with Gasteiger partial charge in [0, 0.05) is 0 Å². The maximum Gasteiger partial charge on any atom is 0.362 e. The van der Waals surface area contributed by atoms with Crippen LogP contribution in [0.15, 0.2) is 24.3 Å². The first kappa shape index (κ1) is 34.6. The molecule has 0 aliphatic heterocycles. The van der Waals surface area contributed by atoms with Crippen molar-refractivity contribution >= 4 is 7.60 Å². The molecule has 0 aromatic rings. The van der Waals surface area contributed by atoms with Crippen LogP contribution in [0.5, 0.6) is 0 Å². The molecule has 5 nitrogen and oxygen atoms in total. The summed E-state index contributed by atoms with van der Waals surface area (Å²) >= 11 is 0. The van der Waals surface area contributed by atoms with Gasteiger partial charge < -0.3 is 19.4 Å². The molecule has 0 radical (unpaired) electrons. The van der Waals surface area contributed by atoms with Crippen LogP contribution in [-0.4, -0.2) is 52.4 Å². The molecule has 0 aliphatic rings. The Morgan fingerprint density at radius 2 is 0.971 bits per heavy atom. The standard InChI is InChI=1S/C29H58NO4P/c1-5-6-7-8-9-10-11-12-13-14-15-16-17-18-19-20-21-22-23-24-25-26-27-29(31,35(32,33)34)28-30(2,3)4/h14-15,21-22,31H,5-13,16-20,23-28H2,1-4H3,(H-,32,33,34)/p+1/b15-14-,22-21-. The number of rotatable bonds is 24. The summed E-state index contributed by atoms with van der Waals surface area (Å²) in [6, 6.07) is 0. The van der Waals surface area contributed by atoms with Crippen LogP contribution in [0, 0.1) is 0 Å². The van der Waals surface area contributed by atoms with Crippen molar-refractivity contribution in [1.29, 1.82) is 0 Å². The molecule has 0 rings (SSSR count). The van der Waals surface area contributed by atoms with E-state index in [1.165, 1.54) is 83.5 Å². The van der Waals surface area contributed by atoms with Crippen molar-refractivity contribution in [2.75, 3.05) is 27.7 Å². The van der Waals surface area contributed by atoms with Gasteiger partial charge in [-0.15, -0.1) is 0 Å². The molecular formula is C29H59NO4P+. The first-order valence-corrected chi connectivity index (χ1v) is 16.0.